The summed E-state index contributed by atoms with van der Waals surface area (Å²) < 4.78 is 36.0. The second-order valence-corrected chi connectivity index (χ2v) is 7.64. The van der Waals surface area contributed by atoms with Crippen molar-refractivity contribution < 1.29 is 22.4 Å². The van der Waals surface area contributed by atoms with E-state index in [9.17, 15) is 13.2 Å². The molecular weight excluding hydrogens is 368 g/mol. The van der Waals surface area contributed by atoms with Crippen molar-refractivity contribution in [2.24, 2.45) is 0 Å². The molecule has 1 atom stereocenters. The summed E-state index contributed by atoms with van der Waals surface area (Å²) >= 11 is 5.99. The first-order valence-corrected chi connectivity index (χ1v) is 9.59. The lowest BCUT2D eigenvalue weighted by molar-refractivity contribution is -0.122. The fourth-order valence-corrected chi connectivity index (χ4v) is 3.69. The number of nitrogens with zero attached hydrogens (tertiary/aromatic N) is 1. The fourth-order valence-electron chi connectivity index (χ4n) is 2.35. The van der Waals surface area contributed by atoms with Crippen LogP contribution >= 0.6 is 11.6 Å². The van der Waals surface area contributed by atoms with Gasteiger partial charge in [0.25, 0.3) is 0 Å². The fraction of sp³-hybridized carbons (Fsp3) is 0.312. The number of hydrogen-bond acceptors (Lipinski definition) is 5. The standard InChI is InChI=1S/C16H19ClN2O5S/c1-11(16(20)18-10-13-5-4-8-24-13)19(25(3,21)22)14-9-12(17)6-7-15(14)23-2/h4-9,11H,10H2,1-3H3,(H,18,20)/t11-/m0/s1. The van der Waals surface area contributed by atoms with Crippen LogP contribution in [0, 0.1) is 0 Å². The lowest BCUT2D eigenvalue weighted by Crippen LogP contribution is -2.47. The van der Waals surface area contributed by atoms with E-state index >= 15 is 0 Å². The van der Waals surface area contributed by atoms with E-state index in [-0.39, 0.29) is 12.2 Å². The van der Waals surface area contributed by atoms with E-state index in [0.29, 0.717) is 16.5 Å². The number of halogens is 1. The van der Waals surface area contributed by atoms with Crippen LogP contribution in [-0.2, 0) is 21.4 Å². The topological polar surface area (TPSA) is 88.8 Å². The van der Waals surface area contributed by atoms with Gasteiger partial charge >= 0.3 is 0 Å². The lowest BCUT2D eigenvalue weighted by Gasteiger charge is -2.29. The number of sulfonamides is 1. The van der Waals surface area contributed by atoms with Crippen molar-refractivity contribution in [1.29, 1.82) is 0 Å². The van der Waals surface area contributed by atoms with Crippen LogP contribution in [0.1, 0.15) is 12.7 Å². The minimum Gasteiger partial charge on any atom is -0.495 e. The monoisotopic (exact) mass is 386 g/mol. The van der Waals surface area contributed by atoms with Gasteiger partial charge in [-0.25, -0.2) is 8.42 Å². The molecular formula is C16H19ClN2O5S. The summed E-state index contributed by atoms with van der Waals surface area (Å²) in [5.41, 5.74) is 0.193. The third-order valence-corrected chi connectivity index (χ3v) is 4.95. The number of benzene rings is 1. The zero-order chi connectivity index (χ0) is 18.6. The molecule has 0 unspecified atom stereocenters. The van der Waals surface area contributed by atoms with Crippen molar-refractivity contribution in [2.45, 2.75) is 19.5 Å². The van der Waals surface area contributed by atoms with Gasteiger partial charge in [-0.3, -0.25) is 9.10 Å². The molecule has 0 spiro atoms. The largest absolute Gasteiger partial charge is 0.495 e. The van der Waals surface area contributed by atoms with Crippen molar-refractivity contribution in [1.82, 2.24) is 5.32 Å². The van der Waals surface area contributed by atoms with Gasteiger partial charge < -0.3 is 14.5 Å². The van der Waals surface area contributed by atoms with Crippen molar-refractivity contribution in [3.8, 4) is 5.75 Å². The normalized spacial score (nSPS) is 12.5. The number of hydrogen-bond donors (Lipinski definition) is 1. The average Bonchev–Trinajstić information content (AvgIpc) is 3.05. The first-order valence-electron chi connectivity index (χ1n) is 7.37. The number of carbonyl (C=O) groups excluding carboxylic acids is 1. The van der Waals surface area contributed by atoms with Crippen LogP contribution in [-0.4, -0.2) is 33.7 Å². The molecule has 2 rings (SSSR count). The van der Waals surface area contributed by atoms with Crippen molar-refractivity contribution in [3.63, 3.8) is 0 Å². The number of carbonyl (C=O) groups is 1. The Bertz CT molecular complexity index is 836. The Morgan fingerprint density at radius 2 is 2.12 bits per heavy atom. The molecule has 0 saturated heterocycles. The Labute approximate surface area is 151 Å². The number of anilines is 1. The number of nitrogens with one attached hydrogen (secondary N) is 1. The third-order valence-electron chi connectivity index (χ3n) is 3.48. The van der Waals surface area contributed by atoms with Gasteiger partial charge in [0.1, 0.15) is 17.6 Å². The molecule has 7 nitrogen and oxygen atoms in total. The Hall–Kier alpha value is -2.19. The van der Waals surface area contributed by atoms with Crippen LogP contribution < -0.4 is 14.4 Å². The predicted molar refractivity (Wildman–Crippen MR) is 95.3 cm³/mol. The van der Waals surface area contributed by atoms with E-state index < -0.39 is 22.0 Å². The average molecular weight is 387 g/mol. The highest BCUT2D eigenvalue weighted by molar-refractivity contribution is 7.92. The van der Waals surface area contributed by atoms with Gasteiger partial charge in [-0.1, -0.05) is 11.6 Å². The zero-order valence-corrected chi connectivity index (χ0v) is 15.6. The summed E-state index contributed by atoms with van der Waals surface area (Å²) in [6.45, 7) is 1.64. The van der Waals surface area contributed by atoms with Gasteiger partial charge in [-0.15, -0.1) is 0 Å². The zero-order valence-electron chi connectivity index (χ0n) is 14.0. The van der Waals surface area contributed by atoms with E-state index in [1.165, 1.54) is 26.4 Å². The molecule has 25 heavy (non-hydrogen) atoms. The summed E-state index contributed by atoms with van der Waals surface area (Å²) in [6.07, 6.45) is 2.51. The van der Waals surface area contributed by atoms with Crippen LogP contribution in [0.4, 0.5) is 5.69 Å². The number of furan rings is 1. The molecule has 0 fully saturated rings. The van der Waals surface area contributed by atoms with Crippen LogP contribution in [0.25, 0.3) is 0 Å². The molecule has 1 N–H and O–H groups in total. The van der Waals surface area contributed by atoms with Gasteiger partial charge in [0.05, 0.1) is 31.9 Å². The minimum atomic E-state index is -3.77. The highest BCUT2D eigenvalue weighted by Crippen LogP contribution is 2.34. The van der Waals surface area contributed by atoms with Crippen molar-refractivity contribution in [2.75, 3.05) is 17.7 Å². The van der Waals surface area contributed by atoms with Gasteiger partial charge in [-0.2, -0.15) is 0 Å². The van der Waals surface area contributed by atoms with E-state index in [1.807, 2.05) is 0 Å². The number of rotatable bonds is 7. The maximum Gasteiger partial charge on any atom is 0.244 e. The van der Waals surface area contributed by atoms with Gasteiger partial charge in [0.2, 0.25) is 15.9 Å². The van der Waals surface area contributed by atoms with Crippen molar-refractivity contribution in [3.05, 3.63) is 47.4 Å². The van der Waals surface area contributed by atoms with E-state index in [2.05, 4.69) is 5.32 Å². The molecule has 1 heterocycles. The lowest BCUT2D eigenvalue weighted by atomic mass is 10.2. The molecule has 0 bridgehead atoms. The second kappa shape index (κ2) is 7.79. The SMILES string of the molecule is COc1ccc(Cl)cc1N([C@@H](C)C(=O)NCc1ccco1)S(C)(=O)=O. The molecule has 9 heteroatoms. The van der Waals surface area contributed by atoms with Crippen LogP contribution in [0.2, 0.25) is 5.02 Å². The number of amides is 1. The summed E-state index contributed by atoms with van der Waals surface area (Å²) in [4.78, 5) is 12.5. The molecule has 0 aliphatic carbocycles. The predicted octanol–water partition coefficient (Wildman–Crippen LogP) is 2.41. The summed E-state index contributed by atoms with van der Waals surface area (Å²) in [5.74, 6) is 0.371. The Morgan fingerprint density at radius 1 is 1.40 bits per heavy atom. The highest BCUT2D eigenvalue weighted by Gasteiger charge is 2.31. The molecule has 136 valence electrons. The first kappa shape index (κ1) is 19.1. The molecule has 1 aromatic heterocycles. The van der Waals surface area contributed by atoms with Crippen LogP contribution in [0.3, 0.4) is 0 Å². The summed E-state index contributed by atoms with van der Waals surface area (Å²) in [7, 11) is -2.36. The molecule has 0 aliphatic rings. The molecule has 2 aromatic rings. The first-order chi connectivity index (χ1) is 11.7. The maximum absolute atomic E-state index is 12.5. The van der Waals surface area contributed by atoms with Crippen LogP contribution in [0.5, 0.6) is 5.75 Å². The quantitative estimate of drug-likeness (QED) is 0.789. The maximum atomic E-state index is 12.5. The van der Waals surface area contributed by atoms with Crippen molar-refractivity contribution >= 4 is 33.2 Å². The Morgan fingerprint density at radius 3 is 2.68 bits per heavy atom. The Balaban J connectivity index is 2.31. The van der Waals surface area contributed by atoms with E-state index in [4.69, 9.17) is 20.8 Å². The van der Waals surface area contributed by atoms with Gasteiger partial charge in [0, 0.05) is 5.02 Å². The minimum absolute atomic E-state index is 0.153. The number of methoxy groups -OCH3 is 1. The van der Waals surface area contributed by atoms with Crippen LogP contribution in [0.15, 0.2) is 41.0 Å². The van der Waals surface area contributed by atoms with Gasteiger partial charge in [-0.05, 0) is 37.3 Å². The molecule has 0 aliphatic heterocycles. The molecule has 0 radical (unpaired) electrons. The summed E-state index contributed by atoms with van der Waals surface area (Å²) in [6, 6.07) is 6.95. The van der Waals surface area contributed by atoms with E-state index in [1.54, 1.807) is 24.3 Å². The number of ether oxygens (including phenoxy) is 1. The summed E-state index contributed by atoms with van der Waals surface area (Å²) in [5, 5.41) is 2.97. The highest BCUT2D eigenvalue weighted by atomic mass is 35.5. The molecule has 1 aromatic carbocycles. The molecule has 0 saturated carbocycles. The smallest absolute Gasteiger partial charge is 0.244 e. The molecule has 1 amide bonds. The second-order valence-electron chi connectivity index (χ2n) is 5.35. The van der Waals surface area contributed by atoms with E-state index in [0.717, 1.165) is 10.6 Å². The van der Waals surface area contributed by atoms with Gasteiger partial charge in [0.15, 0.2) is 0 Å². The third kappa shape index (κ3) is 4.67. The Kier molecular flexibility index (Phi) is 5.97.